The van der Waals surface area contributed by atoms with Crippen LogP contribution in [0.5, 0.6) is 0 Å². The molecule has 2 N–H and O–H groups in total. The number of nitrogens with zero attached hydrogens (tertiary/aromatic N) is 2. The van der Waals surface area contributed by atoms with Crippen molar-refractivity contribution in [2.45, 2.75) is 24.9 Å². The molecule has 0 unspecified atom stereocenters. The molecule has 1 saturated carbocycles. The molecule has 0 atom stereocenters. The third-order valence-corrected chi connectivity index (χ3v) is 2.08. The van der Waals surface area contributed by atoms with Crippen molar-refractivity contribution in [3.8, 4) is 0 Å². The highest BCUT2D eigenvalue weighted by Gasteiger charge is 2.48. The van der Waals surface area contributed by atoms with Crippen LogP contribution in [0.1, 0.15) is 24.2 Å². The highest BCUT2D eigenvalue weighted by molar-refractivity contribution is 5.23. The summed E-state index contributed by atoms with van der Waals surface area (Å²) in [5.41, 5.74) is -0.314. The molecule has 0 amide bonds. The standard InChI is InChI=1S/C7H10FN3O/c8-7(2-3-7)6-5(1-4-12)9-11-10-6/h12H,1-4H2,(H,9,10,11). The van der Waals surface area contributed by atoms with Crippen LogP contribution in [0.2, 0.25) is 0 Å². The lowest BCUT2D eigenvalue weighted by molar-refractivity contribution is 0.288. The average molecular weight is 171 g/mol. The molecule has 0 radical (unpaired) electrons. The Bertz CT molecular complexity index is 282. The summed E-state index contributed by atoms with van der Waals surface area (Å²) >= 11 is 0. The summed E-state index contributed by atoms with van der Waals surface area (Å²) in [7, 11) is 0. The first-order valence-corrected chi connectivity index (χ1v) is 3.96. The van der Waals surface area contributed by atoms with Gasteiger partial charge >= 0.3 is 0 Å². The summed E-state index contributed by atoms with van der Waals surface area (Å²) in [5, 5.41) is 18.5. The Balaban J connectivity index is 2.24. The molecule has 0 bridgehead atoms. The molecule has 1 heterocycles. The molecule has 2 rings (SSSR count). The Kier molecular flexibility index (Phi) is 1.61. The lowest BCUT2D eigenvalue weighted by atomic mass is 10.1. The van der Waals surface area contributed by atoms with Crippen molar-refractivity contribution in [3.63, 3.8) is 0 Å². The minimum absolute atomic E-state index is 0.0182. The summed E-state index contributed by atoms with van der Waals surface area (Å²) < 4.78 is 13.4. The fraction of sp³-hybridized carbons (Fsp3) is 0.714. The van der Waals surface area contributed by atoms with Gasteiger partial charge in [0, 0.05) is 13.0 Å². The number of alkyl halides is 1. The predicted molar refractivity (Wildman–Crippen MR) is 39.2 cm³/mol. The maximum Gasteiger partial charge on any atom is 0.156 e. The van der Waals surface area contributed by atoms with E-state index in [9.17, 15) is 4.39 Å². The van der Waals surface area contributed by atoms with Gasteiger partial charge in [0.05, 0.1) is 5.69 Å². The van der Waals surface area contributed by atoms with Crippen molar-refractivity contribution < 1.29 is 9.50 Å². The number of halogens is 1. The van der Waals surface area contributed by atoms with Crippen LogP contribution in [0.15, 0.2) is 0 Å². The molecule has 1 aliphatic rings. The summed E-state index contributed by atoms with van der Waals surface area (Å²) in [6, 6.07) is 0. The van der Waals surface area contributed by atoms with Gasteiger partial charge in [-0.15, -0.1) is 0 Å². The molecule has 0 aliphatic heterocycles. The van der Waals surface area contributed by atoms with Crippen molar-refractivity contribution >= 4 is 0 Å². The molecular formula is C7H10FN3O. The van der Waals surface area contributed by atoms with E-state index < -0.39 is 5.67 Å². The fourth-order valence-corrected chi connectivity index (χ4v) is 1.24. The zero-order chi connectivity index (χ0) is 8.60. The Morgan fingerprint density at radius 1 is 1.50 bits per heavy atom. The lowest BCUT2D eigenvalue weighted by Gasteiger charge is -2.00. The van der Waals surface area contributed by atoms with E-state index in [2.05, 4.69) is 15.4 Å². The third kappa shape index (κ3) is 1.10. The minimum Gasteiger partial charge on any atom is -0.396 e. The molecule has 0 spiro atoms. The molecule has 1 fully saturated rings. The number of H-pyrrole nitrogens is 1. The highest BCUT2D eigenvalue weighted by atomic mass is 19.1. The van der Waals surface area contributed by atoms with Crippen LogP contribution in [0.25, 0.3) is 0 Å². The van der Waals surface area contributed by atoms with Crippen molar-refractivity contribution in [3.05, 3.63) is 11.4 Å². The van der Waals surface area contributed by atoms with Gasteiger partial charge in [-0.1, -0.05) is 0 Å². The molecular weight excluding hydrogens is 161 g/mol. The molecule has 0 aromatic carbocycles. The van der Waals surface area contributed by atoms with Crippen molar-refractivity contribution in [2.75, 3.05) is 6.61 Å². The Hall–Kier alpha value is -0.970. The van der Waals surface area contributed by atoms with Crippen LogP contribution >= 0.6 is 0 Å². The summed E-state index contributed by atoms with van der Waals surface area (Å²) in [5.74, 6) is 0. The van der Waals surface area contributed by atoms with E-state index in [0.29, 0.717) is 30.7 Å². The average Bonchev–Trinajstić information content (AvgIpc) is 2.64. The number of aromatic amines is 1. The van der Waals surface area contributed by atoms with Gasteiger partial charge < -0.3 is 5.11 Å². The Morgan fingerprint density at radius 2 is 2.25 bits per heavy atom. The third-order valence-electron chi connectivity index (χ3n) is 2.08. The second-order valence-electron chi connectivity index (χ2n) is 3.06. The first-order chi connectivity index (χ1) is 5.76. The number of nitrogens with one attached hydrogen (secondary N) is 1. The van der Waals surface area contributed by atoms with Gasteiger partial charge in [0.1, 0.15) is 5.69 Å². The van der Waals surface area contributed by atoms with Crippen LogP contribution in [0, 0.1) is 0 Å². The van der Waals surface area contributed by atoms with E-state index in [1.165, 1.54) is 0 Å². The number of aliphatic hydroxyl groups is 1. The van der Waals surface area contributed by atoms with Crippen molar-refractivity contribution in [2.24, 2.45) is 0 Å². The van der Waals surface area contributed by atoms with Crippen molar-refractivity contribution in [1.82, 2.24) is 15.4 Å². The topological polar surface area (TPSA) is 61.8 Å². The molecule has 5 heteroatoms. The zero-order valence-corrected chi connectivity index (χ0v) is 6.55. The normalized spacial score (nSPS) is 19.5. The Labute approximate surface area is 68.8 Å². The second kappa shape index (κ2) is 2.52. The van der Waals surface area contributed by atoms with Crippen LogP contribution < -0.4 is 0 Å². The lowest BCUT2D eigenvalue weighted by Crippen LogP contribution is -2.04. The summed E-state index contributed by atoms with van der Waals surface area (Å²) in [4.78, 5) is 0. The van der Waals surface area contributed by atoms with Crippen molar-refractivity contribution in [1.29, 1.82) is 0 Å². The van der Waals surface area contributed by atoms with Crippen LogP contribution in [-0.2, 0) is 12.1 Å². The van der Waals surface area contributed by atoms with Crippen LogP contribution in [0.3, 0.4) is 0 Å². The van der Waals surface area contributed by atoms with Gasteiger partial charge in [-0.3, -0.25) is 0 Å². The quantitative estimate of drug-likeness (QED) is 0.687. The minimum atomic E-state index is -1.25. The monoisotopic (exact) mass is 171 g/mol. The van der Waals surface area contributed by atoms with Gasteiger partial charge in [-0.25, -0.2) is 4.39 Å². The Morgan fingerprint density at radius 3 is 2.83 bits per heavy atom. The van der Waals surface area contributed by atoms with E-state index >= 15 is 0 Å². The first-order valence-electron chi connectivity index (χ1n) is 3.96. The van der Waals surface area contributed by atoms with Gasteiger partial charge in [0.25, 0.3) is 0 Å². The number of hydrogen-bond acceptors (Lipinski definition) is 3. The fourth-order valence-electron chi connectivity index (χ4n) is 1.24. The van der Waals surface area contributed by atoms with Crippen LogP contribution in [-0.4, -0.2) is 27.1 Å². The van der Waals surface area contributed by atoms with Gasteiger partial charge in [0.15, 0.2) is 5.67 Å². The van der Waals surface area contributed by atoms with E-state index in [0.717, 1.165) is 0 Å². The summed E-state index contributed by atoms with van der Waals surface area (Å²) in [6.07, 6.45) is 1.42. The number of rotatable bonds is 3. The number of hydrogen-bond donors (Lipinski definition) is 2. The largest absolute Gasteiger partial charge is 0.396 e. The van der Waals surface area contributed by atoms with Gasteiger partial charge in [0.2, 0.25) is 0 Å². The smallest absolute Gasteiger partial charge is 0.156 e. The second-order valence-corrected chi connectivity index (χ2v) is 3.06. The molecule has 0 saturated heterocycles. The van der Waals surface area contributed by atoms with E-state index in [4.69, 9.17) is 5.11 Å². The number of aromatic nitrogens is 3. The molecule has 1 aliphatic carbocycles. The molecule has 4 nitrogen and oxygen atoms in total. The van der Waals surface area contributed by atoms with E-state index in [-0.39, 0.29) is 6.61 Å². The maximum atomic E-state index is 13.4. The molecule has 1 aromatic rings. The van der Waals surface area contributed by atoms with E-state index in [1.807, 2.05) is 0 Å². The number of aliphatic hydroxyl groups excluding tert-OH is 1. The van der Waals surface area contributed by atoms with Gasteiger partial charge in [-0.2, -0.15) is 15.4 Å². The highest BCUT2D eigenvalue weighted by Crippen LogP contribution is 2.49. The SMILES string of the molecule is OCCc1n[nH]nc1C1(F)CC1. The molecule has 66 valence electrons. The summed E-state index contributed by atoms with van der Waals surface area (Å²) in [6.45, 7) is -0.0182. The molecule has 12 heavy (non-hydrogen) atoms. The maximum absolute atomic E-state index is 13.4. The molecule has 1 aromatic heterocycles. The van der Waals surface area contributed by atoms with Gasteiger partial charge in [-0.05, 0) is 12.8 Å². The predicted octanol–water partition coefficient (Wildman–Crippen LogP) is 0.298. The van der Waals surface area contributed by atoms with E-state index in [1.54, 1.807) is 0 Å². The first kappa shape index (κ1) is 7.67. The van der Waals surface area contributed by atoms with Crippen LogP contribution in [0.4, 0.5) is 4.39 Å². The zero-order valence-electron chi connectivity index (χ0n) is 6.55.